The smallest absolute Gasteiger partial charge is 0.0320 e. The molecule has 9 heavy (non-hydrogen) atoms. The first-order chi connectivity index (χ1) is 4.43. The van der Waals surface area contributed by atoms with Crippen LogP contribution in [-0.4, -0.2) is 0 Å². The van der Waals surface area contributed by atoms with Gasteiger partial charge in [0, 0.05) is 0 Å². The molecular formula is C9H16. The summed E-state index contributed by atoms with van der Waals surface area (Å²) in [7, 11) is 0. The summed E-state index contributed by atoms with van der Waals surface area (Å²) in [5.41, 5.74) is 1.71. The zero-order chi connectivity index (χ0) is 6.53. The third-order valence-corrected chi connectivity index (χ3v) is 1.96. The van der Waals surface area contributed by atoms with E-state index in [-0.39, 0.29) is 0 Å². The Labute approximate surface area is 58.0 Å². The van der Waals surface area contributed by atoms with Crippen LogP contribution in [0.2, 0.25) is 0 Å². The minimum atomic E-state index is 1.33. The first-order valence-electron chi connectivity index (χ1n) is 4.11. The van der Waals surface area contributed by atoms with Gasteiger partial charge in [-0.3, -0.25) is 0 Å². The molecule has 0 radical (unpaired) electrons. The van der Waals surface area contributed by atoms with Crippen LogP contribution in [0.4, 0.5) is 0 Å². The highest BCUT2D eigenvalue weighted by Crippen LogP contribution is 2.20. The second-order valence-electron chi connectivity index (χ2n) is 2.86. The van der Waals surface area contributed by atoms with Gasteiger partial charge in [0.05, 0.1) is 0 Å². The molecule has 0 unspecified atom stereocenters. The number of hydrogen-bond acceptors (Lipinski definition) is 0. The van der Waals surface area contributed by atoms with Crippen molar-refractivity contribution in [2.45, 2.75) is 45.4 Å². The Kier molecular flexibility index (Phi) is 2.82. The summed E-state index contributed by atoms with van der Waals surface area (Å²) in [5.74, 6) is 0. The van der Waals surface area contributed by atoms with Gasteiger partial charge in [0.2, 0.25) is 0 Å². The Bertz CT molecular complexity index is 101. The van der Waals surface area contributed by atoms with Crippen molar-refractivity contribution in [1.82, 2.24) is 0 Å². The molecule has 0 aliphatic heterocycles. The van der Waals surface area contributed by atoms with E-state index in [1.165, 1.54) is 38.5 Å². The zero-order valence-electron chi connectivity index (χ0n) is 6.32. The molecule has 0 saturated heterocycles. The minimum absolute atomic E-state index is 1.33. The fourth-order valence-electron chi connectivity index (χ4n) is 1.45. The summed E-state index contributed by atoms with van der Waals surface area (Å²) >= 11 is 0. The molecule has 0 nitrogen and oxygen atoms in total. The Morgan fingerprint density at radius 3 is 2.89 bits per heavy atom. The first kappa shape index (κ1) is 6.85. The lowest BCUT2D eigenvalue weighted by Crippen LogP contribution is -1.90. The van der Waals surface area contributed by atoms with Crippen molar-refractivity contribution in [2.24, 2.45) is 0 Å². The van der Waals surface area contributed by atoms with Crippen molar-refractivity contribution in [1.29, 1.82) is 0 Å². The molecule has 0 fully saturated rings. The summed E-state index contributed by atoms with van der Waals surface area (Å²) in [6, 6.07) is 0. The van der Waals surface area contributed by atoms with Crippen LogP contribution >= 0.6 is 0 Å². The fourth-order valence-corrected chi connectivity index (χ4v) is 1.45. The lowest BCUT2D eigenvalue weighted by molar-refractivity contribution is 0.670. The molecule has 0 atom stereocenters. The first-order valence-corrected chi connectivity index (χ1v) is 4.11. The van der Waals surface area contributed by atoms with Gasteiger partial charge in [0.1, 0.15) is 0 Å². The summed E-state index contributed by atoms with van der Waals surface area (Å²) in [6.07, 6.45) is 10.7. The van der Waals surface area contributed by atoms with E-state index in [1.807, 2.05) is 0 Å². The summed E-state index contributed by atoms with van der Waals surface area (Å²) in [4.78, 5) is 0. The van der Waals surface area contributed by atoms with E-state index in [0.29, 0.717) is 0 Å². The van der Waals surface area contributed by atoms with Gasteiger partial charge in [-0.2, -0.15) is 0 Å². The van der Waals surface area contributed by atoms with E-state index in [2.05, 4.69) is 13.0 Å². The van der Waals surface area contributed by atoms with Crippen LogP contribution in [0.25, 0.3) is 0 Å². The maximum absolute atomic E-state index is 2.44. The highest BCUT2D eigenvalue weighted by Gasteiger charge is 2.00. The molecular weight excluding hydrogens is 108 g/mol. The third kappa shape index (κ3) is 2.21. The number of hydrogen-bond donors (Lipinski definition) is 0. The fraction of sp³-hybridized carbons (Fsp3) is 0.778. The van der Waals surface area contributed by atoms with Crippen LogP contribution in [-0.2, 0) is 0 Å². The van der Waals surface area contributed by atoms with E-state index < -0.39 is 0 Å². The summed E-state index contributed by atoms with van der Waals surface area (Å²) < 4.78 is 0. The SMILES string of the molecule is CCCC1=CCCCC1. The molecule has 1 aliphatic rings. The van der Waals surface area contributed by atoms with Crippen molar-refractivity contribution >= 4 is 0 Å². The quantitative estimate of drug-likeness (QED) is 0.495. The van der Waals surface area contributed by atoms with E-state index in [9.17, 15) is 0 Å². The van der Waals surface area contributed by atoms with Crippen molar-refractivity contribution in [2.75, 3.05) is 0 Å². The number of rotatable bonds is 2. The van der Waals surface area contributed by atoms with Crippen LogP contribution in [0.1, 0.15) is 45.4 Å². The van der Waals surface area contributed by atoms with Crippen LogP contribution in [0.3, 0.4) is 0 Å². The van der Waals surface area contributed by atoms with Gasteiger partial charge in [-0.1, -0.05) is 25.0 Å². The molecule has 1 aliphatic carbocycles. The average Bonchev–Trinajstić information content (AvgIpc) is 1.91. The maximum atomic E-state index is 2.44. The molecule has 1 rings (SSSR count). The highest BCUT2D eigenvalue weighted by atomic mass is 14.1. The summed E-state index contributed by atoms with van der Waals surface area (Å²) in [5, 5.41) is 0. The van der Waals surface area contributed by atoms with Gasteiger partial charge in [0.15, 0.2) is 0 Å². The van der Waals surface area contributed by atoms with Crippen molar-refractivity contribution < 1.29 is 0 Å². The monoisotopic (exact) mass is 124 g/mol. The van der Waals surface area contributed by atoms with Gasteiger partial charge in [-0.05, 0) is 32.1 Å². The highest BCUT2D eigenvalue weighted by molar-refractivity contribution is 5.04. The van der Waals surface area contributed by atoms with Crippen molar-refractivity contribution in [3.05, 3.63) is 11.6 Å². The predicted octanol–water partition coefficient (Wildman–Crippen LogP) is 3.29. The van der Waals surface area contributed by atoms with Gasteiger partial charge < -0.3 is 0 Å². The van der Waals surface area contributed by atoms with E-state index in [4.69, 9.17) is 0 Å². The molecule has 0 heterocycles. The Morgan fingerprint density at radius 2 is 2.33 bits per heavy atom. The average molecular weight is 124 g/mol. The van der Waals surface area contributed by atoms with E-state index in [1.54, 1.807) is 5.57 Å². The Morgan fingerprint density at radius 1 is 1.44 bits per heavy atom. The molecule has 0 aromatic heterocycles. The van der Waals surface area contributed by atoms with Crippen LogP contribution in [0.5, 0.6) is 0 Å². The van der Waals surface area contributed by atoms with Gasteiger partial charge >= 0.3 is 0 Å². The molecule has 0 aromatic rings. The molecule has 0 N–H and O–H groups in total. The van der Waals surface area contributed by atoms with E-state index in [0.717, 1.165) is 0 Å². The molecule has 52 valence electrons. The molecule has 0 heteroatoms. The normalized spacial score (nSPS) is 19.4. The van der Waals surface area contributed by atoms with Gasteiger partial charge in [0.25, 0.3) is 0 Å². The lowest BCUT2D eigenvalue weighted by Gasteiger charge is -2.10. The largest absolute Gasteiger partial charge is 0.0853 e. The van der Waals surface area contributed by atoms with Gasteiger partial charge in [-0.15, -0.1) is 0 Å². The standard InChI is InChI=1S/C9H16/c1-2-6-9-7-4-3-5-8-9/h7H,2-6,8H2,1H3. The molecule has 0 bridgehead atoms. The lowest BCUT2D eigenvalue weighted by atomic mass is 9.96. The van der Waals surface area contributed by atoms with Crippen LogP contribution < -0.4 is 0 Å². The topological polar surface area (TPSA) is 0 Å². The van der Waals surface area contributed by atoms with Crippen molar-refractivity contribution in [3.8, 4) is 0 Å². The molecule has 0 aromatic carbocycles. The van der Waals surface area contributed by atoms with Crippen LogP contribution in [0, 0.1) is 0 Å². The second-order valence-corrected chi connectivity index (χ2v) is 2.86. The third-order valence-electron chi connectivity index (χ3n) is 1.96. The zero-order valence-corrected chi connectivity index (χ0v) is 6.32. The molecule has 0 spiro atoms. The maximum Gasteiger partial charge on any atom is -0.0320 e. The molecule has 0 saturated carbocycles. The van der Waals surface area contributed by atoms with E-state index >= 15 is 0 Å². The van der Waals surface area contributed by atoms with Gasteiger partial charge in [-0.25, -0.2) is 0 Å². The second kappa shape index (κ2) is 3.71. The summed E-state index contributed by atoms with van der Waals surface area (Å²) in [6.45, 7) is 2.26. The molecule has 0 amide bonds. The van der Waals surface area contributed by atoms with Crippen molar-refractivity contribution in [3.63, 3.8) is 0 Å². The van der Waals surface area contributed by atoms with Crippen LogP contribution in [0.15, 0.2) is 11.6 Å². The Balaban J connectivity index is 2.28. The Hall–Kier alpha value is -0.260. The minimum Gasteiger partial charge on any atom is -0.0853 e. The number of allylic oxidation sites excluding steroid dienone is 2. The predicted molar refractivity (Wildman–Crippen MR) is 41.5 cm³/mol.